The van der Waals surface area contributed by atoms with E-state index in [1.807, 2.05) is 18.3 Å². The zero-order valence-electron chi connectivity index (χ0n) is 11.2. The number of pyridine rings is 2. The van der Waals surface area contributed by atoms with Crippen molar-refractivity contribution in [3.8, 4) is 0 Å². The lowest BCUT2D eigenvalue weighted by Crippen LogP contribution is -2.15. The number of fused-ring (bicyclic) bond motifs is 1. The zero-order valence-corrected chi connectivity index (χ0v) is 11.2. The predicted molar refractivity (Wildman–Crippen MR) is 80.8 cm³/mol. The van der Waals surface area contributed by atoms with Gasteiger partial charge in [-0.3, -0.25) is 9.78 Å². The third-order valence-corrected chi connectivity index (χ3v) is 3.34. The van der Waals surface area contributed by atoms with Gasteiger partial charge in [0, 0.05) is 43.6 Å². The van der Waals surface area contributed by atoms with Crippen LogP contribution in [0.15, 0.2) is 59.8 Å². The van der Waals surface area contributed by atoms with Crippen molar-refractivity contribution in [2.75, 3.05) is 5.32 Å². The molecule has 0 saturated carbocycles. The molecule has 2 heterocycles. The van der Waals surface area contributed by atoms with Crippen LogP contribution in [0, 0.1) is 0 Å². The number of benzene rings is 1. The fourth-order valence-corrected chi connectivity index (χ4v) is 2.24. The van der Waals surface area contributed by atoms with Crippen molar-refractivity contribution < 1.29 is 0 Å². The third kappa shape index (κ3) is 2.40. The van der Waals surface area contributed by atoms with E-state index in [0.717, 1.165) is 11.1 Å². The van der Waals surface area contributed by atoms with E-state index < -0.39 is 0 Å². The summed E-state index contributed by atoms with van der Waals surface area (Å²) in [5.41, 5.74) is 2.13. The maximum Gasteiger partial charge on any atom is 0.250 e. The summed E-state index contributed by atoms with van der Waals surface area (Å²) in [6, 6.07) is 11.6. The van der Waals surface area contributed by atoms with E-state index in [2.05, 4.69) is 22.4 Å². The molecule has 3 aromatic rings. The van der Waals surface area contributed by atoms with Gasteiger partial charge in [-0.15, -0.1) is 0 Å². The van der Waals surface area contributed by atoms with Crippen LogP contribution in [-0.2, 0) is 13.6 Å². The Balaban J connectivity index is 1.86. The zero-order chi connectivity index (χ0) is 13.9. The lowest BCUT2D eigenvalue weighted by molar-refractivity contribution is 0.859. The second kappa shape index (κ2) is 5.17. The molecule has 0 aliphatic carbocycles. The van der Waals surface area contributed by atoms with E-state index in [-0.39, 0.29) is 5.56 Å². The highest BCUT2D eigenvalue weighted by Crippen LogP contribution is 2.18. The van der Waals surface area contributed by atoms with Gasteiger partial charge in [-0.05, 0) is 23.1 Å². The summed E-state index contributed by atoms with van der Waals surface area (Å²) in [6.07, 6.45) is 5.47. The van der Waals surface area contributed by atoms with Crippen LogP contribution in [0.2, 0.25) is 0 Å². The van der Waals surface area contributed by atoms with Crippen LogP contribution in [0.5, 0.6) is 0 Å². The Morgan fingerprint density at radius 1 is 1.20 bits per heavy atom. The summed E-state index contributed by atoms with van der Waals surface area (Å²) in [4.78, 5) is 15.5. The van der Waals surface area contributed by atoms with Gasteiger partial charge in [0.25, 0.3) is 0 Å². The number of rotatable bonds is 3. The van der Waals surface area contributed by atoms with Crippen LogP contribution >= 0.6 is 0 Å². The largest absolute Gasteiger partial charge is 0.380 e. The molecule has 1 N–H and O–H groups in total. The molecule has 0 bridgehead atoms. The van der Waals surface area contributed by atoms with Gasteiger partial charge >= 0.3 is 0 Å². The first-order chi connectivity index (χ1) is 9.74. The number of aromatic nitrogens is 2. The van der Waals surface area contributed by atoms with E-state index in [1.54, 1.807) is 36.1 Å². The van der Waals surface area contributed by atoms with Crippen LogP contribution in [0.1, 0.15) is 5.56 Å². The van der Waals surface area contributed by atoms with Gasteiger partial charge < -0.3 is 9.88 Å². The predicted octanol–water partition coefficient (Wildman–Crippen LogP) is 2.55. The molecule has 0 atom stereocenters. The molecule has 0 aliphatic rings. The lowest BCUT2D eigenvalue weighted by Gasteiger charge is -2.10. The van der Waals surface area contributed by atoms with Gasteiger partial charge in [0.05, 0.1) is 5.69 Å². The highest BCUT2D eigenvalue weighted by atomic mass is 16.1. The number of nitrogens with one attached hydrogen (secondary N) is 1. The monoisotopic (exact) mass is 265 g/mol. The van der Waals surface area contributed by atoms with E-state index in [9.17, 15) is 4.79 Å². The molecule has 3 rings (SSSR count). The first-order valence-electron chi connectivity index (χ1n) is 6.46. The van der Waals surface area contributed by atoms with Crippen molar-refractivity contribution in [1.29, 1.82) is 0 Å². The SMILES string of the molecule is Cn1cc(NCc2cccc3cnccc23)ccc1=O. The van der Waals surface area contributed by atoms with Gasteiger partial charge in [-0.2, -0.15) is 0 Å². The summed E-state index contributed by atoms with van der Waals surface area (Å²) >= 11 is 0. The molecule has 0 fully saturated rings. The first-order valence-corrected chi connectivity index (χ1v) is 6.46. The molecule has 4 heteroatoms. The number of aryl methyl sites for hydroxylation is 1. The number of hydrogen-bond acceptors (Lipinski definition) is 3. The normalized spacial score (nSPS) is 10.7. The van der Waals surface area contributed by atoms with Gasteiger partial charge in [0.1, 0.15) is 0 Å². The van der Waals surface area contributed by atoms with Crippen molar-refractivity contribution in [3.63, 3.8) is 0 Å². The van der Waals surface area contributed by atoms with Crippen LogP contribution in [-0.4, -0.2) is 9.55 Å². The quantitative estimate of drug-likeness (QED) is 0.791. The molecule has 20 heavy (non-hydrogen) atoms. The summed E-state index contributed by atoms with van der Waals surface area (Å²) in [5.74, 6) is 0. The average Bonchev–Trinajstić information content (AvgIpc) is 2.48. The second-order valence-corrected chi connectivity index (χ2v) is 4.73. The molecular formula is C16H15N3O. The van der Waals surface area contributed by atoms with E-state index >= 15 is 0 Å². The minimum absolute atomic E-state index is 0.00761. The van der Waals surface area contributed by atoms with Gasteiger partial charge in [-0.1, -0.05) is 18.2 Å². The van der Waals surface area contributed by atoms with E-state index in [1.165, 1.54) is 10.9 Å². The maximum absolute atomic E-state index is 11.3. The van der Waals surface area contributed by atoms with Crippen LogP contribution in [0.3, 0.4) is 0 Å². The summed E-state index contributed by atoms with van der Waals surface area (Å²) in [5, 5.41) is 5.67. The summed E-state index contributed by atoms with van der Waals surface area (Å²) < 4.78 is 1.56. The second-order valence-electron chi connectivity index (χ2n) is 4.73. The average molecular weight is 265 g/mol. The molecular weight excluding hydrogens is 250 g/mol. The molecule has 2 aromatic heterocycles. The van der Waals surface area contributed by atoms with Crippen molar-refractivity contribution >= 4 is 16.5 Å². The Bertz CT molecular complexity index is 803. The van der Waals surface area contributed by atoms with Crippen molar-refractivity contribution in [2.24, 2.45) is 7.05 Å². The number of anilines is 1. The smallest absolute Gasteiger partial charge is 0.250 e. The topological polar surface area (TPSA) is 46.9 Å². The standard InChI is InChI=1S/C16H15N3O/c1-19-11-14(5-6-16(19)20)18-10-13-4-2-3-12-9-17-8-7-15(12)13/h2-9,11,18H,10H2,1H3. The number of hydrogen-bond donors (Lipinski definition) is 1. The Kier molecular flexibility index (Phi) is 3.21. The van der Waals surface area contributed by atoms with E-state index in [4.69, 9.17) is 0 Å². The molecule has 0 saturated heterocycles. The molecule has 4 nitrogen and oxygen atoms in total. The van der Waals surface area contributed by atoms with Crippen molar-refractivity contribution in [1.82, 2.24) is 9.55 Å². The van der Waals surface area contributed by atoms with Gasteiger partial charge in [0.15, 0.2) is 0 Å². The van der Waals surface area contributed by atoms with Crippen molar-refractivity contribution in [3.05, 3.63) is 70.9 Å². The minimum Gasteiger partial charge on any atom is -0.380 e. The van der Waals surface area contributed by atoms with Crippen molar-refractivity contribution in [2.45, 2.75) is 6.54 Å². The molecule has 0 unspecified atom stereocenters. The highest BCUT2D eigenvalue weighted by Gasteiger charge is 2.01. The highest BCUT2D eigenvalue weighted by molar-refractivity contribution is 5.84. The fourth-order valence-electron chi connectivity index (χ4n) is 2.24. The Morgan fingerprint density at radius 3 is 2.95 bits per heavy atom. The third-order valence-electron chi connectivity index (χ3n) is 3.34. The van der Waals surface area contributed by atoms with Crippen LogP contribution in [0.4, 0.5) is 5.69 Å². The van der Waals surface area contributed by atoms with Crippen LogP contribution in [0.25, 0.3) is 10.8 Å². The molecule has 100 valence electrons. The van der Waals surface area contributed by atoms with Crippen LogP contribution < -0.4 is 10.9 Å². The Labute approximate surface area is 116 Å². The lowest BCUT2D eigenvalue weighted by atomic mass is 10.1. The Hall–Kier alpha value is -2.62. The van der Waals surface area contributed by atoms with Gasteiger partial charge in [-0.25, -0.2) is 0 Å². The molecule has 1 aromatic carbocycles. The van der Waals surface area contributed by atoms with E-state index in [0.29, 0.717) is 6.54 Å². The fraction of sp³-hybridized carbons (Fsp3) is 0.125. The molecule has 0 radical (unpaired) electrons. The minimum atomic E-state index is -0.00761. The first kappa shape index (κ1) is 12.4. The maximum atomic E-state index is 11.3. The Morgan fingerprint density at radius 2 is 2.10 bits per heavy atom. The van der Waals surface area contributed by atoms with Gasteiger partial charge in [0.2, 0.25) is 5.56 Å². The molecule has 0 spiro atoms. The summed E-state index contributed by atoms with van der Waals surface area (Å²) in [6.45, 7) is 0.708. The number of nitrogens with zero attached hydrogens (tertiary/aromatic N) is 2. The summed E-state index contributed by atoms with van der Waals surface area (Å²) in [7, 11) is 1.75. The molecule has 0 aliphatic heterocycles. The molecule has 0 amide bonds.